The van der Waals surface area contributed by atoms with E-state index in [0.717, 1.165) is 29.7 Å². The maximum atomic E-state index is 5.62. The van der Waals surface area contributed by atoms with Gasteiger partial charge in [-0.3, -0.25) is 0 Å². The van der Waals surface area contributed by atoms with Gasteiger partial charge in [-0.2, -0.15) is 0 Å². The summed E-state index contributed by atoms with van der Waals surface area (Å²) in [7, 11) is 0. The van der Waals surface area contributed by atoms with Crippen LogP contribution in [-0.2, 0) is 4.74 Å². The molecule has 0 aliphatic rings. The summed E-state index contributed by atoms with van der Waals surface area (Å²) < 4.78 is 11.0. The van der Waals surface area contributed by atoms with Crippen LogP contribution in [0, 0.1) is 12.3 Å². The molecular formula is C16H17NO2. The molecular weight excluding hydrogens is 238 g/mol. The highest BCUT2D eigenvalue weighted by molar-refractivity contribution is 5.80. The third-order valence-electron chi connectivity index (χ3n) is 2.65. The molecule has 0 aliphatic heterocycles. The van der Waals surface area contributed by atoms with Gasteiger partial charge in [0.2, 0.25) is 0 Å². The van der Waals surface area contributed by atoms with Gasteiger partial charge < -0.3 is 9.47 Å². The number of aromatic nitrogens is 1. The summed E-state index contributed by atoms with van der Waals surface area (Å²) in [5, 5.41) is 1.02. The van der Waals surface area contributed by atoms with Crippen molar-refractivity contribution in [1.82, 2.24) is 4.98 Å². The molecule has 0 aliphatic carbocycles. The van der Waals surface area contributed by atoms with Gasteiger partial charge in [-0.25, -0.2) is 4.98 Å². The van der Waals surface area contributed by atoms with Crippen LogP contribution in [0.2, 0.25) is 0 Å². The van der Waals surface area contributed by atoms with Crippen LogP contribution in [0.1, 0.15) is 19.0 Å². The monoisotopic (exact) mass is 255 g/mol. The first-order valence-corrected chi connectivity index (χ1v) is 6.41. The van der Waals surface area contributed by atoms with Crippen molar-refractivity contribution in [2.24, 2.45) is 0 Å². The number of pyridine rings is 1. The predicted octanol–water partition coefficient (Wildman–Crippen LogP) is 3.02. The van der Waals surface area contributed by atoms with Crippen molar-refractivity contribution in [3.8, 4) is 18.1 Å². The van der Waals surface area contributed by atoms with Crippen molar-refractivity contribution in [2.75, 3.05) is 19.8 Å². The summed E-state index contributed by atoms with van der Waals surface area (Å²) in [6.07, 6.45) is 6.35. The van der Waals surface area contributed by atoms with Crippen LogP contribution in [-0.4, -0.2) is 24.8 Å². The molecule has 2 rings (SSSR count). The third kappa shape index (κ3) is 3.70. The van der Waals surface area contributed by atoms with Crippen LogP contribution < -0.4 is 4.74 Å². The Morgan fingerprint density at radius 2 is 2.05 bits per heavy atom. The fraction of sp³-hybridized carbons (Fsp3) is 0.312. The van der Waals surface area contributed by atoms with E-state index in [1.807, 2.05) is 30.3 Å². The highest BCUT2D eigenvalue weighted by Crippen LogP contribution is 2.19. The van der Waals surface area contributed by atoms with Gasteiger partial charge in [-0.15, -0.1) is 6.42 Å². The first kappa shape index (κ1) is 13.4. The zero-order valence-electron chi connectivity index (χ0n) is 11.1. The molecule has 0 saturated carbocycles. The second-order valence-electron chi connectivity index (χ2n) is 4.16. The molecule has 0 bridgehead atoms. The Hall–Kier alpha value is -2.05. The highest BCUT2D eigenvalue weighted by atomic mass is 16.5. The van der Waals surface area contributed by atoms with E-state index in [4.69, 9.17) is 15.9 Å². The summed E-state index contributed by atoms with van der Waals surface area (Å²) in [5.74, 6) is 3.35. The lowest BCUT2D eigenvalue weighted by molar-refractivity contribution is 0.101. The maximum Gasteiger partial charge on any atom is 0.120 e. The quantitative estimate of drug-likeness (QED) is 0.587. The number of nitrogens with zero attached hydrogens (tertiary/aromatic N) is 1. The van der Waals surface area contributed by atoms with Crippen molar-refractivity contribution in [1.29, 1.82) is 0 Å². The average Bonchev–Trinajstić information content (AvgIpc) is 2.46. The average molecular weight is 255 g/mol. The van der Waals surface area contributed by atoms with Crippen molar-refractivity contribution in [3.63, 3.8) is 0 Å². The molecule has 0 spiro atoms. The normalized spacial score (nSPS) is 10.3. The SMILES string of the molecule is C#Cc1ccc2cc(OCCOCCC)ccc2n1. The molecule has 1 heterocycles. The van der Waals surface area contributed by atoms with Crippen molar-refractivity contribution in [3.05, 3.63) is 36.0 Å². The largest absolute Gasteiger partial charge is 0.491 e. The highest BCUT2D eigenvalue weighted by Gasteiger charge is 2.00. The number of fused-ring (bicyclic) bond motifs is 1. The second kappa shape index (κ2) is 6.77. The minimum Gasteiger partial charge on any atom is -0.491 e. The number of terminal acetylenes is 1. The summed E-state index contributed by atoms with van der Waals surface area (Å²) in [6, 6.07) is 9.56. The summed E-state index contributed by atoms with van der Waals surface area (Å²) >= 11 is 0. The number of rotatable bonds is 6. The Balaban J connectivity index is 2.00. The van der Waals surface area contributed by atoms with Crippen LogP contribution >= 0.6 is 0 Å². The third-order valence-corrected chi connectivity index (χ3v) is 2.65. The zero-order chi connectivity index (χ0) is 13.5. The number of hydrogen-bond acceptors (Lipinski definition) is 3. The Bertz CT molecular complexity index is 587. The summed E-state index contributed by atoms with van der Waals surface area (Å²) in [4.78, 5) is 4.34. The van der Waals surface area contributed by atoms with Crippen molar-refractivity contribution in [2.45, 2.75) is 13.3 Å². The molecule has 3 heteroatoms. The van der Waals surface area contributed by atoms with Crippen LogP contribution in [0.5, 0.6) is 5.75 Å². The lowest BCUT2D eigenvalue weighted by atomic mass is 10.2. The lowest BCUT2D eigenvalue weighted by Gasteiger charge is -2.07. The van der Waals surface area contributed by atoms with Gasteiger partial charge in [-0.05, 0) is 36.8 Å². The van der Waals surface area contributed by atoms with Gasteiger partial charge in [0.15, 0.2) is 0 Å². The molecule has 0 unspecified atom stereocenters. The van der Waals surface area contributed by atoms with E-state index in [1.54, 1.807) is 0 Å². The number of ether oxygens (including phenoxy) is 2. The van der Waals surface area contributed by atoms with E-state index in [2.05, 4.69) is 17.8 Å². The minimum atomic E-state index is 0.557. The molecule has 19 heavy (non-hydrogen) atoms. The molecule has 2 aromatic rings. The van der Waals surface area contributed by atoms with Crippen molar-refractivity contribution < 1.29 is 9.47 Å². The molecule has 0 atom stereocenters. The van der Waals surface area contributed by atoms with Crippen LogP contribution in [0.4, 0.5) is 0 Å². The molecule has 98 valence electrons. The van der Waals surface area contributed by atoms with Crippen LogP contribution in [0.25, 0.3) is 10.9 Å². The van der Waals surface area contributed by atoms with Gasteiger partial charge in [0, 0.05) is 12.0 Å². The van der Waals surface area contributed by atoms with E-state index in [1.165, 1.54) is 0 Å². The molecule has 1 aromatic carbocycles. The molecule has 0 saturated heterocycles. The topological polar surface area (TPSA) is 31.4 Å². The first-order valence-electron chi connectivity index (χ1n) is 6.41. The number of hydrogen-bond donors (Lipinski definition) is 0. The molecule has 0 amide bonds. The molecule has 1 aromatic heterocycles. The second-order valence-corrected chi connectivity index (χ2v) is 4.16. The minimum absolute atomic E-state index is 0.557. The Morgan fingerprint density at radius 3 is 2.84 bits per heavy atom. The summed E-state index contributed by atoms with van der Waals surface area (Å²) in [6.45, 7) is 4.03. The van der Waals surface area contributed by atoms with Gasteiger partial charge in [0.05, 0.1) is 12.1 Å². The van der Waals surface area contributed by atoms with E-state index < -0.39 is 0 Å². The molecule has 0 N–H and O–H groups in total. The van der Waals surface area contributed by atoms with Gasteiger partial charge in [0.1, 0.15) is 18.1 Å². The fourth-order valence-electron chi connectivity index (χ4n) is 1.74. The van der Waals surface area contributed by atoms with E-state index in [-0.39, 0.29) is 0 Å². The lowest BCUT2D eigenvalue weighted by Crippen LogP contribution is -2.07. The predicted molar refractivity (Wildman–Crippen MR) is 76.3 cm³/mol. The first-order chi connectivity index (χ1) is 9.33. The fourth-order valence-corrected chi connectivity index (χ4v) is 1.74. The van der Waals surface area contributed by atoms with Gasteiger partial charge in [-0.1, -0.05) is 12.8 Å². The Labute approximate surface area is 113 Å². The van der Waals surface area contributed by atoms with Crippen molar-refractivity contribution >= 4 is 10.9 Å². The zero-order valence-corrected chi connectivity index (χ0v) is 11.1. The van der Waals surface area contributed by atoms with Gasteiger partial charge in [0.25, 0.3) is 0 Å². The molecule has 3 nitrogen and oxygen atoms in total. The van der Waals surface area contributed by atoms with E-state index >= 15 is 0 Å². The number of benzene rings is 1. The van der Waals surface area contributed by atoms with E-state index in [9.17, 15) is 0 Å². The Morgan fingerprint density at radius 1 is 1.16 bits per heavy atom. The Kier molecular flexibility index (Phi) is 4.77. The van der Waals surface area contributed by atoms with Crippen LogP contribution in [0.15, 0.2) is 30.3 Å². The van der Waals surface area contributed by atoms with Gasteiger partial charge >= 0.3 is 0 Å². The molecule has 0 fully saturated rings. The maximum absolute atomic E-state index is 5.62. The smallest absolute Gasteiger partial charge is 0.120 e. The van der Waals surface area contributed by atoms with E-state index in [0.29, 0.717) is 18.9 Å². The summed E-state index contributed by atoms with van der Waals surface area (Å²) in [5.41, 5.74) is 1.53. The molecule has 0 radical (unpaired) electrons. The van der Waals surface area contributed by atoms with Crippen LogP contribution in [0.3, 0.4) is 0 Å². The standard InChI is InChI=1S/C16H17NO2/c1-3-9-18-10-11-19-15-7-8-16-13(12-15)5-6-14(4-2)17-16/h2,5-8,12H,3,9-11H2,1H3.